The summed E-state index contributed by atoms with van der Waals surface area (Å²) >= 11 is 1.83. The maximum Gasteiger partial charge on any atom is 0.240 e. The van der Waals surface area contributed by atoms with Gasteiger partial charge in [0.05, 0.1) is 6.04 Å². The summed E-state index contributed by atoms with van der Waals surface area (Å²) in [5, 5.41) is 6.18. The third-order valence-electron chi connectivity index (χ3n) is 3.36. The lowest BCUT2D eigenvalue weighted by molar-refractivity contribution is -0.135. The lowest BCUT2D eigenvalue weighted by atomic mass is 10.0. The molecule has 6 heteroatoms. The van der Waals surface area contributed by atoms with Gasteiger partial charge in [-0.2, -0.15) is 11.8 Å². The number of carbonyl (C=O) groups is 2. The smallest absolute Gasteiger partial charge is 0.240 e. The molecule has 2 amide bonds. The summed E-state index contributed by atoms with van der Waals surface area (Å²) < 4.78 is 0. The van der Waals surface area contributed by atoms with E-state index in [-0.39, 0.29) is 23.9 Å². The Kier molecular flexibility index (Phi) is 4.88. The number of likely N-dealkylation sites (tertiary alicyclic amines) is 1. The standard InChI is InChI=1S/C12H21N3O2S/c1-9(16)14-10-3-2-5-15(7-10)12(17)11-8-18-6-4-13-11/h10-11,13H,2-8H2,1H3,(H,14,16). The number of piperidine rings is 1. The van der Waals surface area contributed by atoms with Crippen molar-refractivity contribution in [3.05, 3.63) is 0 Å². The summed E-state index contributed by atoms with van der Waals surface area (Å²) in [6.07, 6.45) is 1.94. The first-order chi connectivity index (χ1) is 8.66. The molecule has 2 atom stereocenters. The summed E-state index contributed by atoms with van der Waals surface area (Å²) in [5.41, 5.74) is 0. The first-order valence-corrected chi connectivity index (χ1v) is 7.69. The number of nitrogens with zero attached hydrogens (tertiary/aromatic N) is 1. The minimum absolute atomic E-state index is 0.0133. The molecular weight excluding hydrogens is 250 g/mol. The van der Waals surface area contributed by atoms with Crippen molar-refractivity contribution in [2.75, 3.05) is 31.1 Å². The summed E-state index contributed by atoms with van der Waals surface area (Å²) in [6.45, 7) is 3.91. The molecule has 2 rings (SSSR count). The van der Waals surface area contributed by atoms with E-state index in [1.165, 1.54) is 6.92 Å². The molecule has 5 nitrogen and oxygen atoms in total. The monoisotopic (exact) mass is 271 g/mol. The second-order valence-electron chi connectivity index (χ2n) is 4.91. The topological polar surface area (TPSA) is 61.4 Å². The van der Waals surface area contributed by atoms with Crippen LogP contribution in [0.2, 0.25) is 0 Å². The van der Waals surface area contributed by atoms with E-state index in [1.54, 1.807) is 0 Å². The molecule has 2 unspecified atom stereocenters. The number of carbonyl (C=O) groups excluding carboxylic acids is 2. The Morgan fingerprint density at radius 2 is 2.28 bits per heavy atom. The highest BCUT2D eigenvalue weighted by atomic mass is 32.2. The van der Waals surface area contributed by atoms with E-state index in [4.69, 9.17) is 0 Å². The van der Waals surface area contributed by atoms with Crippen molar-refractivity contribution >= 4 is 23.6 Å². The zero-order valence-electron chi connectivity index (χ0n) is 10.8. The van der Waals surface area contributed by atoms with E-state index in [2.05, 4.69) is 10.6 Å². The third kappa shape index (κ3) is 3.62. The number of nitrogens with one attached hydrogen (secondary N) is 2. The zero-order valence-corrected chi connectivity index (χ0v) is 11.6. The molecule has 0 aromatic carbocycles. The predicted molar refractivity (Wildman–Crippen MR) is 72.5 cm³/mol. The molecule has 2 aliphatic heterocycles. The van der Waals surface area contributed by atoms with Gasteiger partial charge in [-0.25, -0.2) is 0 Å². The van der Waals surface area contributed by atoms with Crippen LogP contribution in [-0.4, -0.2) is 59.9 Å². The molecule has 18 heavy (non-hydrogen) atoms. The molecule has 0 saturated carbocycles. The quantitative estimate of drug-likeness (QED) is 0.731. The molecule has 2 fully saturated rings. The molecule has 2 saturated heterocycles. The Morgan fingerprint density at radius 1 is 1.44 bits per heavy atom. The van der Waals surface area contributed by atoms with Gasteiger partial charge in [-0.05, 0) is 12.8 Å². The normalized spacial score (nSPS) is 28.8. The molecule has 0 aliphatic carbocycles. The van der Waals surface area contributed by atoms with Crippen molar-refractivity contribution in [3.63, 3.8) is 0 Å². The van der Waals surface area contributed by atoms with Gasteiger partial charge in [-0.1, -0.05) is 0 Å². The minimum atomic E-state index is -0.0418. The summed E-state index contributed by atoms with van der Waals surface area (Å²) in [5.74, 6) is 2.12. The highest BCUT2D eigenvalue weighted by Crippen LogP contribution is 2.15. The van der Waals surface area contributed by atoms with E-state index >= 15 is 0 Å². The van der Waals surface area contributed by atoms with E-state index in [9.17, 15) is 9.59 Å². The van der Waals surface area contributed by atoms with E-state index < -0.39 is 0 Å². The van der Waals surface area contributed by atoms with Gasteiger partial charge in [0.25, 0.3) is 0 Å². The van der Waals surface area contributed by atoms with Gasteiger partial charge in [-0.3, -0.25) is 9.59 Å². The van der Waals surface area contributed by atoms with Gasteiger partial charge < -0.3 is 15.5 Å². The largest absolute Gasteiger partial charge is 0.352 e. The number of amides is 2. The van der Waals surface area contributed by atoms with Gasteiger partial charge in [0.15, 0.2) is 0 Å². The van der Waals surface area contributed by atoms with Gasteiger partial charge >= 0.3 is 0 Å². The van der Waals surface area contributed by atoms with Crippen LogP contribution in [0.5, 0.6) is 0 Å². The average molecular weight is 271 g/mol. The van der Waals surface area contributed by atoms with Gasteiger partial charge in [0.2, 0.25) is 11.8 Å². The first-order valence-electron chi connectivity index (χ1n) is 6.54. The Morgan fingerprint density at radius 3 is 2.94 bits per heavy atom. The Hall–Kier alpha value is -0.750. The molecular formula is C12H21N3O2S. The average Bonchev–Trinajstić information content (AvgIpc) is 2.38. The van der Waals surface area contributed by atoms with Crippen molar-refractivity contribution < 1.29 is 9.59 Å². The van der Waals surface area contributed by atoms with Crippen LogP contribution >= 0.6 is 11.8 Å². The second-order valence-corrected chi connectivity index (χ2v) is 6.06. The maximum atomic E-state index is 12.3. The predicted octanol–water partition coefficient (Wildman–Crippen LogP) is -0.181. The SMILES string of the molecule is CC(=O)NC1CCCN(C(=O)C2CSCCN2)C1. The van der Waals surface area contributed by atoms with Crippen LogP contribution in [0.4, 0.5) is 0 Å². The van der Waals surface area contributed by atoms with Crippen LogP contribution in [-0.2, 0) is 9.59 Å². The lowest BCUT2D eigenvalue weighted by Crippen LogP contribution is -2.56. The van der Waals surface area contributed by atoms with Crippen molar-refractivity contribution in [1.29, 1.82) is 0 Å². The van der Waals surface area contributed by atoms with Crippen molar-refractivity contribution in [2.45, 2.75) is 31.8 Å². The summed E-state index contributed by atoms with van der Waals surface area (Å²) in [7, 11) is 0. The van der Waals surface area contributed by atoms with E-state index in [0.29, 0.717) is 6.54 Å². The highest BCUT2D eigenvalue weighted by molar-refractivity contribution is 7.99. The Labute approximate surface area is 112 Å². The number of thioether (sulfide) groups is 1. The van der Waals surface area contributed by atoms with Gasteiger partial charge in [0, 0.05) is 44.1 Å². The summed E-state index contributed by atoms with van der Waals surface area (Å²) in [6, 6.07) is 0.0799. The molecule has 0 spiro atoms. The van der Waals surface area contributed by atoms with Crippen LogP contribution in [0.3, 0.4) is 0 Å². The molecule has 0 aromatic heterocycles. The van der Waals surface area contributed by atoms with Crippen molar-refractivity contribution in [2.24, 2.45) is 0 Å². The fourth-order valence-corrected chi connectivity index (χ4v) is 3.45. The fraction of sp³-hybridized carbons (Fsp3) is 0.833. The lowest BCUT2D eigenvalue weighted by Gasteiger charge is -2.36. The number of hydrogen-bond donors (Lipinski definition) is 2. The van der Waals surface area contributed by atoms with Gasteiger partial charge in [0.1, 0.15) is 0 Å². The highest BCUT2D eigenvalue weighted by Gasteiger charge is 2.29. The molecule has 2 aliphatic rings. The van der Waals surface area contributed by atoms with E-state index in [1.807, 2.05) is 16.7 Å². The van der Waals surface area contributed by atoms with Crippen LogP contribution in [0.25, 0.3) is 0 Å². The molecule has 2 N–H and O–H groups in total. The number of hydrogen-bond acceptors (Lipinski definition) is 4. The van der Waals surface area contributed by atoms with Gasteiger partial charge in [-0.15, -0.1) is 0 Å². The van der Waals surface area contributed by atoms with Crippen LogP contribution in [0, 0.1) is 0 Å². The Bertz CT molecular complexity index is 318. The van der Waals surface area contributed by atoms with Crippen molar-refractivity contribution in [3.8, 4) is 0 Å². The van der Waals surface area contributed by atoms with Crippen LogP contribution in [0.15, 0.2) is 0 Å². The first kappa shape index (κ1) is 13.7. The van der Waals surface area contributed by atoms with E-state index in [0.717, 1.165) is 37.4 Å². The number of rotatable bonds is 2. The maximum absolute atomic E-state index is 12.3. The summed E-state index contributed by atoms with van der Waals surface area (Å²) in [4.78, 5) is 25.3. The Balaban J connectivity index is 1.87. The second kappa shape index (κ2) is 6.43. The molecule has 0 aromatic rings. The molecule has 0 radical (unpaired) electrons. The molecule has 2 heterocycles. The third-order valence-corrected chi connectivity index (χ3v) is 4.42. The van der Waals surface area contributed by atoms with Crippen molar-refractivity contribution in [1.82, 2.24) is 15.5 Å². The fourth-order valence-electron chi connectivity index (χ4n) is 2.53. The zero-order chi connectivity index (χ0) is 13.0. The van der Waals surface area contributed by atoms with Crippen LogP contribution < -0.4 is 10.6 Å². The van der Waals surface area contributed by atoms with Crippen LogP contribution in [0.1, 0.15) is 19.8 Å². The molecule has 102 valence electrons. The minimum Gasteiger partial charge on any atom is -0.352 e. The molecule has 0 bridgehead atoms.